The first-order chi connectivity index (χ1) is 11.1. The molecular formula is C17H26BrFIN3O. The van der Waals surface area contributed by atoms with Crippen LogP contribution >= 0.6 is 39.9 Å². The summed E-state index contributed by atoms with van der Waals surface area (Å²) in [6, 6.07) is 5.04. The minimum absolute atomic E-state index is 0. The fourth-order valence-electron chi connectivity index (χ4n) is 2.85. The molecule has 2 rings (SSSR count). The fourth-order valence-corrected chi connectivity index (χ4v) is 3.25. The highest BCUT2D eigenvalue weighted by Gasteiger charge is 2.21. The quantitative estimate of drug-likeness (QED) is 0.369. The van der Waals surface area contributed by atoms with E-state index in [0.29, 0.717) is 24.6 Å². The van der Waals surface area contributed by atoms with Gasteiger partial charge in [-0.2, -0.15) is 0 Å². The molecular weight excluding hydrogens is 488 g/mol. The number of aliphatic imine (C=N–C) groups is 1. The molecule has 0 amide bonds. The van der Waals surface area contributed by atoms with Crippen molar-refractivity contribution in [2.75, 3.05) is 33.3 Å². The Hall–Kier alpha value is -0.410. The molecule has 0 atom stereocenters. The third-order valence-electron chi connectivity index (χ3n) is 4.04. The van der Waals surface area contributed by atoms with Crippen LogP contribution in [0.25, 0.3) is 0 Å². The van der Waals surface area contributed by atoms with E-state index < -0.39 is 0 Å². The third-order valence-corrected chi connectivity index (χ3v) is 4.53. The minimum Gasteiger partial charge on any atom is -0.378 e. The van der Waals surface area contributed by atoms with Gasteiger partial charge in [0.1, 0.15) is 5.82 Å². The van der Waals surface area contributed by atoms with E-state index in [1.54, 1.807) is 13.1 Å². The van der Waals surface area contributed by atoms with E-state index >= 15 is 0 Å². The van der Waals surface area contributed by atoms with Gasteiger partial charge in [0.2, 0.25) is 0 Å². The first kappa shape index (κ1) is 21.6. The molecule has 0 aliphatic carbocycles. The average molecular weight is 514 g/mol. The number of likely N-dealkylation sites (tertiary alicyclic amines) is 1. The lowest BCUT2D eigenvalue weighted by molar-refractivity contribution is 0.0264. The summed E-state index contributed by atoms with van der Waals surface area (Å²) in [5.41, 5.74) is 0.706. The number of rotatable bonds is 5. The van der Waals surface area contributed by atoms with Gasteiger partial charge < -0.3 is 15.0 Å². The Morgan fingerprint density at radius 1 is 1.42 bits per heavy atom. The van der Waals surface area contributed by atoms with Gasteiger partial charge in [-0.3, -0.25) is 4.99 Å². The highest BCUT2D eigenvalue weighted by molar-refractivity contribution is 14.0. The van der Waals surface area contributed by atoms with E-state index in [-0.39, 0.29) is 29.8 Å². The smallest absolute Gasteiger partial charge is 0.193 e. The second kappa shape index (κ2) is 11.3. The zero-order chi connectivity index (χ0) is 16.7. The van der Waals surface area contributed by atoms with Crippen LogP contribution in [-0.2, 0) is 11.2 Å². The van der Waals surface area contributed by atoms with Gasteiger partial charge in [0.15, 0.2) is 5.96 Å². The normalized spacial score (nSPS) is 16.0. The highest BCUT2D eigenvalue weighted by atomic mass is 127. The van der Waals surface area contributed by atoms with Gasteiger partial charge >= 0.3 is 0 Å². The molecule has 0 aromatic heterocycles. The summed E-state index contributed by atoms with van der Waals surface area (Å²) >= 11 is 3.38. The first-order valence-electron chi connectivity index (χ1n) is 8.15. The lowest BCUT2D eigenvalue weighted by Crippen LogP contribution is -2.47. The molecule has 1 saturated heterocycles. The molecule has 0 saturated carbocycles. The lowest BCUT2D eigenvalue weighted by atomic mass is 10.1. The summed E-state index contributed by atoms with van der Waals surface area (Å²) in [5, 5.41) is 3.33. The number of ether oxygens (including phenoxy) is 1. The third kappa shape index (κ3) is 6.48. The molecule has 1 aliphatic heterocycles. The molecule has 0 unspecified atom stereocenters. The van der Waals surface area contributed by atoms with Crippen molar-refractivity contribution in [3.8, 4) is 0 Å². The Kier molecular flexibility index (Phi) is 10.1. The van der Waals surface area contributed by atoms with E-state index in [2.05, 4.69) is 31.1 Å². The molecule has 0 radical (unpaired) electrons. The van der Waals surface area contributed by atoms with Gasteiger partial charge in [-0.25, -0.2) is 4.39 Å². The van der Waals surface area contributed by atoms with Crippen molar-refractivity contribution in [3.05, 3.63) is 34.1 Å². The van der Waals surface area contributed by atoms with Crippen LogP contribution in [0.3, 0.4) is 0 Å². The summed E-state index contributed by atoms with van der Waals surface area (Å²) in [6.07, 6.45) is 3.04. The SMILES string of the molecule is CCOC1CCN(C(=NC)NCCc2cc(Br)ccc2F)CC1.I. The maximum atomic E-state index is 13.7. The molecule has 7 heteroatoms. The van der Waals surface area contributed by atoms with E-state index in [1.807, 2.05) is 13.0 Å². The molecule has 1 N–H and O–H groups in total. The zero-order valence-electron chi connectivity index (χ0n) is 14.2. The predicted molar refractivity (Wildman–Crippen MR) is 111 cm³/mol. The van der Waals surface area contributed by atoms with Crippen molar-refractivity contribution in [3.63, 3.8) is 0 Å². The minimum atomic E-state index is -0.164. The summed E-state index contributed by atoms with van der Waals surface area (Å²) in [5.74, 6) is 0.720. The summed E-state index contributed by atoms with van der Waals surface area (Å²) in [6.45, 7) is 5.35. The van der Waals surface area contributed by atoms with Crippen molar-refractivity contribution in [2.24, 2.45) is 4.99 Å². The van der Waals surface area contributed by atoms with Gasteiger partial charge in [-0.1, -0.05) is 15.9 Å². The number of hydrogen-bond donors (Lipinski definition) is 1. The fraction of sp³-hybridized carbons (Fsp3) is 0.588. The van der Waals surface area contributed by atoms with Crippen LogP contribution < -0.4 is 5.32 Å². The molecule has 1 aliphatic rings. The molecule has 24 heavy (non-hydrogen) atoms. The van der Waals surface area contributed by atoms with E-state index in [4.69, 9.17) is 4.74 Å². The largest absolute Gasteiger partial charge is 0.378 e. The van der Waals surface area contributed by atoms with E-state index in [0.717, 1.165) is 43.0 Å². The number of nitrogens with zero attached hydrogens (tertiary/aromatic N) is 2. The van der Waals surface area contributed by atoms with Gasteiger partial charge in [0.25, 0.3) is 0 Å². The maximum Gasteiger partial charge on any atom is 0.193 e. The van der Waals surface area contributed by atoms with E-state index in [9.17, 15) is 4.39 Å². The molecule has 1 heterocycles. The second-order valence-electron chi connectivity index (χ2n) is 5.60. The number of guanidine groups is 1. The molecule has 4 nitrogen and oxygen atoms in total. The van der Waals surface area contributed by atoms with Crippen molar-refractivity contribution in [2.45, 2.75) is 32.3 Å². The first-order valence-corrected chi connectivity index (χ1v) is 8.94. The van der Waals surface area contributed by atoms with Crippen molar-refractivity contribution < 1.29 is 9.13 Å². The van der Waals surface area contributed by atoms with E-state index in [1.165, 1.54) is 6.07 Å². The van der Waals surface area contributed by atoms with Gasteiger partial charge in [0, 0.05) is 37.8 Å². The molecule has 0 bridgehead atoms. The highest BCUT2D eigenvalue weighted by Crippen LogP contribution is 2.16. The van der Waals surface area contributed by atoms with Crippen LogP contribution in [0.4, 0.5) is 4.39 Å². The Balaban J connectivity index is 0.00000288. The molecule has 1 fully saturated rings. The lowest BCUT2D eigenvalue weighted by Gasteiger charge is -2.34. The average Bonchev–Trinajstić information content (AvgIpc) is 2.56. The summed E-state index contributed by atoms with van der Waals surface area (Å²) < 4.78 is 20.3. The van der Waals surface area contributed by atoms with Crippen LogP contribution in [0.2, 0.25) is 0 Å². The second-order valence-corrected chi connectivity index (χ2v) is 6.52. The van der Waals surface area contributed by atoms with Crippen LogP contribution in [0.1, 0.15) is 25.3 Å². The predicted octanol–water partition coefficient (Wildman–Crippen LogP) is 3.83. The standard InChI is InChI=1S/C17H25BrFN3O.HI/c1-3-23-15-7-10-22(11-8-15)17(20-2)21-9-6-13-12-14(18)4-5-16(13)19;/h4-5,12,15H,3,6-11H2,1-2H3,(H,20,21);1H. The zero-order valence-corrected chi connectivity index (χ0v) is 18.1. The van der Waals surface area contributed by atoms with Crippen molar-refractivity contribution in [1.29, 1.82) is 0 Å². The van der Waals surface area contributed by atoms with Crippen LogP contribution in [0, 0.1) is 5.82 Å². The maximum absolute atomic E-state index is 13.7. The Morgan fingerprint density at radius 3 is 2.75 bits per heavy atom. The topological polar surface area (TPSA) is 36.9 Å². The molecule has 136 valence electrons. The summed E-state index contributed by atoms with van der Waals surface area (Å²) in [7, 11) is 1.79. The Bertz CT molecular complexity index is 537. The number of hydrogen-bond acceptors (Lipinski definition) is 2. The molecule has 1 aromatic rings. The van der Waals surface area contributed by atoms with Gasteiger partial charge in [-0.15, -0.1) is 24.0 Å². The number of nitrogens with one attached hydrogen (secondary N) is 1. The van der Waals surface area contributed by atoms with Gasteiger partial charge in [0.05, 0.1) is 6.10 Å². The van der Waals surface area contributed by atoms with Crippen LogP contribution in [-0.4, -0.2) is 50.3 Å². The van der Waals surface area contributed by atoms with Gasteiger partial charge in [-0.05, 0) is 49.9 Å². The molecule has 0 spiro atoms. The Morgan fingerprint density at radius 2 is 2.12 bits per heavy atom. The number of piperidine rings is 1. The molecule has 1 aromatic carbocycles. The summed E-state index contributed by atoms with van der Waals surface area (Å²) in [4.78, 5) is 6.58. The van der Waals surface area contributed by atoms with Crippen LogP contribution in [0.5, 0.6) is 0 Å². The van der Waals surface area contributed by atoms with Crippen molar-refractivity contribution in [1.82, 2.24) is 10.2 Å². The monoisotopic (exact) mass is 513 g/mol. The Labute approximate surface area is 169 Å². The number of halogens is 3. The van der Waals surface area contributed by atoms with Crippen LogP contribution in [0.15, 0.2) is 27.7 Å². The number of benzene rings is 1. The van der Waals surface area contributed by atoms with Crippen molar-refractivity contribution >= 4 is 45.9 Å².